The number of thioether (sulfide) groups is 2. The topological polar surface area (TPSA) is 6.48 Å². The molecule has 0 radical (unpaired) electrons. The Bertz CT molecular complexity index is 1040. The molecule has 2 atom stereocenters. The summed E-state index contributed by atoms with van der Waals surface area (Å²) in [6.07, 6.45) is 11.9. The van der Waals surface area contributed by atoms with Gasteiger partial charge in [-0.1, -0.05) is 73.3 Å². The lowest BCUT2D eigenvalue weighted by atomic mass is 9.89. The molecule has 0 amide bonds. The van der Waals surface area contributed by atoms with E-state index in [0.717, 1.165) is 92.6 Å². The lowest BCUT2D eigenvalue weighted by Gasteiger charge is -2.44. The van der Waals surface area contributed by atoms with Crippen LogP contribution in [0.25, 0.3) is 0 Å². The highest BCUT2D eigenvalue weighted by Crippen LogP contribution is 2.44. The predicted octanol–water partition coefficient (Wildman–Crippen LogP) is 8.84. The van der Waals surface area contributed by atoms with Crippen LogP contribution >= 0.6 is 96.8 Å². The van der Waals surface area contributed by atoms with Gasteiger partial charge in [-0.25, -0.2) is 0 Å². The number of nitrogens with zero attached hydrogens (tertiary/aromatic N) is 2. The highest BCUT2D eigenvalue weighted by atomic mass is 32.2. The van der Waals surface area contributed by atoms with E-state index in [0.29, 0.717) is 11.8 Å². The van der Waals surface area contributed by atoms with Crippen LogP contribution in [0.5, 0.6) is 0 Å². The Hall–Kier alpha value is 0.320. The van der Waals surface area contributed by atoms with Gasteiger partial charge in [0.15, 0.2) is 0 Å². The molecule has 38 heavy (non-hydrogen) atoms. The summed E-state index contributed by atoms with van der Waals surface area (Å²) >= 11 is 38.7. The van der Waals surface area contributed by atoms with Gasteiger partial charge in [-0.2, -0.15) is 0 Å². The Morgan fingerprint density at radius 2 is 1.08 bits per heavy atom. The molecular formula is C28H36N2S8. The average Bonchev–Trinajstić information content (AvgIpc) is 3.49. The van der Waals surface area contributed by atoms with Crippen LogP contribution in [-0.2, 0) is 0 Å². The van der Waals surface area contributed by atoms with E-state index in [1.807, 2.05) is 23.5 Å². The molecule has 4 aliphatic rings. The first-order valence-corrected chi connectivity index (χ1v) is 17.7. The van der Waals surface area contributed by atoms with Gasteiger partial charge in [-0.15, -0.1) is 23.5 Å². The van der Waals surface area contributed by atoms with Crippen molar-refractivity contribution >= 4 is 127 Å². The largest absolute Gasteiger partial charge is 0.321 e. The van der Waals surface area contributed by atoms with Gasteiger partial charge in [-0.05, 0) is 122 Å². The van der Waals surface area contributed by atoms with Crippen molar-refractivity contribution in [1.82, 2.24) is 9.80 Å². The van der Waals surface area contributed by atoms with Gasteiger partial charge in [0.25, 0.3) is 0 Å². The van der Waals surface area contributed by atoms with Crippen LogP contribution in [-0.4, -0.2) is 62.1 Å². The maximum Gasteiger partial charge on any atom is 0.108 e. The summed E-state index contributed by atoms with van der Waals surface area (Å²) in [6.45, 7) is 8.94. The fourth-order valence-corrected chi connectivity index (χ4v) is 11.0. The van der Waals surface area contributed by atoms with E-state index >= 15 is 0 Å². The zero-order chi connectivity index (χ0) is 27.8. The van der Waals surface area contributed by atoms with Crippen LogP contribution in [0.4, 0.5) is 0 Å². The zero-order valence-corrected chi connectivity index (χ0v) is 29.1. The average molecular weight is 657 g/mol. The summed E-state index contributed by atoms with van der Waals surface area (Å²) in [5.74, 6) is 2.98. The Balaban J connectivity index is 1.23. The molecule has 10 heteroatoms. The molecule has 4 heterocycles. The Labute approximate surface area is 269 Å². The maximum absolute atomic E-state index is 5.91. The number of thiocarbonyl (C=S) groups is 6. The molecule has 4 aliphatic heterocycles. The first kappa shape index (κ1) is 31.3. The summed E-state index contributed by atoms with van der Waals surface area (Å²) in [7, 11) is 0. The third kappa shape index (κ3) is 6.85. The molecule has 0 bridgehead atoms. The lowest BCUT2D eigenvalue weighted by Crippen LogP contribution is -2.53. The van der Waals surface area contributed by atoms with E-state index in [2.05, 4.69) is 49.6 Å². The smallest absolute Gasteiger partial charge is 0.108 e. The quantitative estimate of drug-likeness (QED) is 0.198. The van der Waals surface area contributed by atoms with Gasteiger partial charge < -0.3 is 9.80 Å². The minimum atomic E-state index is -0.157. The number of hydrogen-bond acceptors (Lipinski definition) is 8. The zero-order valence-electron chi connectivity index (χ0n) is 22.5. The molecule has 0 aromatic heterocycles. The van der Waals surface area contributed by atoms with Gasteiger partial charge in [0.1, 0.15) is 9.98 Å². The Morgan fingerprint density at radius 3 is 1.45 bits per heavy atom. The minimum absolute atomic E-state index is 0.157. The highest BCUT2D eigenvalue weighted by molar-refractivity contribution is 8.03. The molecule has 206 valence electrons. The van der Waals surface area contributed by atoms with Gasteiger partial charge in [0.2, 0.25) is 0 Å². The SMILES string of the molecule is CC(C)(CCC(=S)CCC(=S)CCC(C)(C)N1C(=S)C=C2SCCC2C1=S)N1C(=S)C=C2SCCC2C1=S. The van der Waals surface area contributed by atoms with Crippen LogP contribution in [0.15, 0.2) is 22.0 Å². The standard InChI is InChI=1S/C28H36N2S8/c1-27(2,29-23(33)15-21-19(25(29)35)9-13-37-21)11-7-17(31)5-6-18(32)8-12-28(3,4)30-24(34)16-22-20(26(30)36)10-14-38-22/h15-16,19-20H,5-14H2,1-4H3. The molecule has 0 aromatic rings. The van der Waals surface area contributed by atoms with Crippen LogP contribution in [0.3, 0.4) is 0 Å². The molecule has 2 saturated heterocycles. The monoisotopic (exact) mass is 656 g/mol. The molecule has 4 rings (SSSR count). The third-order valence-corrected chi connectivity index (χ3v) is 12.7. The second kappa shape index (κ2) is 12.7. The lowest BCUT2D eigenvalue weighted by molar-refractivity contribution is 0.290. The van der Waals surface area contributed by atoms with Crippen LogP contribution in [0.2, 0.25) is 0 Å². The van der Waals surface area contributed by atoms with Crippen molar-refractivity contribution < 1.29 is 0 Å². The number of hydrogen-bond donors (Lipinski definition) is 0. The molecule has 0 N–H and O–H groups in total. The van der Waals surface area contributed by atoms with Crippen LogP contribution < -0.4 is 0 Å². The van der Waals surface area contributed by atoms with E-state index in [1.165, 1.54) is 9.81 Å². The minimum Gasteiger partial charge on any atom is -0.321 e. The highest BCUT2D eigenvalue weighted by Gasteiger charge is 2.41. The van der Waals surface area contributed by atoms with Gasteiger partial charge in [0, 0.05) is 22.9 Å². The van der Waals surface area contributed by atoms with Crippen molar-refractivity contribution in [2.24, 2.45) is 11.8 Å². The van der Waals surface area contributed by atoms with Crippen molar-refractivity contribution in [3.05, 3.63) is 22.0 Å². The molecule has 0 aliphatic carbocycles. The summed E-state index contributed by atoms with van der Waals surface area (Å²) in [5.41, 5.74) is -0.315. The normalized spacial score (nSPS) is 23.9. The number of rotatable bonds is 11. The van der Waals surface area contributed by atoms with Crippen molar-refractivity contribution in [2.75, 3.05) is 11.5 Å². The van der Waals surface area contributed by atoms with Crippen molar-refractivity contribution in [2.45, 2.75) is 90.1 Å². The van der Waals surface area contributed by atoms with Crippen molar-refractivity contribution in [1.29, 1.82) is 0 Å². The molecule has 2 fully saturated rings. The third-order valence-electron chi connectivity index (χ3n) is 7.97. The van der Waals surface area contributed by atoms with Crippen LogP contribution in [0, 0.1) is 11.8 Å². The van der Waals surface area contributed by atoms with E-state index in [1.54, 1.807) is 0 Å². The molecule has 2 unspecified atom stereocenters. The van der Waals surface area contributed by atoms with E-state index in [-0.39, 0.29) is 11.1 Å². The van der Waals surface area contributed by atoms with E-state index < -0.39 is 0 Å². The Kier molecular flexibility index (Phi) is 10.4. The summed E-state index contributed by atoms with van der Waals surface area (Å²) < 4.78 is 0. The summed E-state index contributed by atoms with van der Waals surface area (Å²) in [6, 6.07) is 0. The van der Waals surface area contributed by atoms with E-state index in [4.69, 9.17) is 73.3 Å². The molecular weight excluding hydrogens is 621 g/mol. The van der Waals surface area contributed by atoms with Gasteiger partial charge in [0.05, 0.1) is 9.98 Å². The van der Waals surface area contributed by atoms with Gasteiger partial charge in [-0.3, -0.25) is 0 Å². The molecule has 0 aromatic carbocycles. The number of fused-ring (bicyclic) bond motifs is 2. The summed E-state index contributed by atoms with van der Waals surface area (Å²) in [4.78, 5) is 13.0. The fraction of sp³-hybridized carbons (Fsp3) is 0.643. The second-order valence-corrected chi connectivity index (χ2v) is 16.9. The van der Waals surface area contributed by atoms with Crippen molar-refractivity contribution in [3.63, 3.8) is 0 Å². The maximum atomic E-state index is 5.91. The first-order valence-electron chi connectivity index (χ1n) is 13.3. The predicted molar refractivity (Wildman–Crippen MR) is 192 cm³/mol. The second-order valence-electron chi connectivity index (χ2n) is 11.7. The van der Waals surface area contributed by atoms with Crippen molar-refractivity contribution in [3.8, 4) is 0 Å². The first-order chi connectivity index (χ1) is 17.8. The molecule has 0 spiro atoms. The summed E-state index contributed by atoms with van der Waals surface area (Å²) in [5, 5.41) is 0. The van der Waals surface area contributed by atoms with E-state index in [9.17, 15) is 0 Å². The molecule has 2 nitrogen and oxygen atoms in total. The molecule has 0 saturated carbocycles. The van der Waals surface area contributed by atoms with Crippen LogP contribution in [0.1, 0.15) is 79.1 Å². The fourth-order valence-electron chi connectivity index (χ4n) is 5.59. The Morgan fingerprint density at radius 1 is 0.711 bits per heavy atom. The van der Waals surface area contributed by atoms with Gasteiger partial charge >= 0.3 is 0 Å².